The van der Waals surface area contributed by atoms with Crippen molar-refractivity contribution >= 4 is 33.2 Å². The molecule has 0 fully saturated rings. The van der Waals surface area contributed by atoms with Crippen LogP contribution >= 0.6 is 0 Å². The molecule has 4 N–H and O–H groups in total. The zero-order chi connectivity index (χ0) is 18.9. The van der Waals surface area contributed by atoms with Crippen LogP contribution < -0.4 is 11.5 Å². The molecule has 10 heteroatoms. The summed E-state index contributed by atoms with van der Waals surface area (Å²) in [7, 11) is -4.00. The number of carbonyl (C=O) groups is 2. The lowest BCUT2D eigenvalue weighted by molar-refractivity contribution is 0.0891. The Hall–Kier alpha value is -3.40. The van der Waals surface area contributed by atoms with Gasteiger partial charge in [0.2, 0.25) is 5.96 Å². The Morgan fingerprint density at radius 1 is 0.885 bits per heavy atom. The fourth-order valence-electron chi connectivity index (χ4n) is 2.43. The van der Waals surface area contributed by atoms with Gasteiger partial charge in [0.05, 0.1) is 10.6 Å². The first-order valence-electron chi connectivity index (χ1n) is 7.34. The Kier molecular flexibility index (Phi) is 4.34. The van der Waals surface area contributed by atoms with E-state index in [1.54, 1.807) is 24.3 Å². The summed E-state index contributed by atoms with van der Waals surface area (Å²) >= 11 is 0. The molecule has 0 atom stereocenters. The lowest BCUT2D eigenvalue weighted by atomic mass is 10.1. The topological polar surface area (TPSA) is 157 Å². The first-order chi connectivity index (χ1) is 12.3. The zero-order valence-electron chi connectivity index (χ0n) is 13.2. The van der Waals surface area contributed by atoms with Crippen LogP contribution in [0.15, 0.2) is 68.1 Å². The maximum atomic E-state index is 12.2. The van der Waals surface area contributed by atoms with Crippen molar-refractivity contribution in [2.75, 3.05) is 0 Å². The van der Waals surface area contributed by atoms with E-state index >= 15 is 0 Å². The second-order valence-corrected chi connectivity index (χ2v) is 6.98. The van der Waals surface area contributed by atoms with Crippen molar-refractivity contribution < 1.29 is 18.0 Å². The number of ketones is 2. The molecule has 0 radical (unpaired) electrons. The molecule has 0 heterocycles. The van der Waals surface area contributed by atoms with Crippen molar-refractivity contribution in [3.63, 3.8) is 0 Å². The maximum absolute atomic E-state index is 12.2. The Morgan fingerprint density at radius 3 is 1.92 bits per heavy atom. The number of hydrogen-bond donors (Lipinski definition) is 2. The van der Waals surface area contributed by atoms with Crippen molar-refractivity contribution in [3.05, 3.63) is 59.7 Å². The summed E-state index contributed by atoms with van der Waals surface area (Å²) in [5.41, 5.74) is 11.1. The highest BCUT2D eigenvalue weighted by Crippen LogP contribution is 2.26. The summed E-state index contributed by atoms with van der Waals surface area (Å²) < 4.78 is 26.8. The van der Waals surface area contributed by atoms with Crippen molar-refractivity contribution in [1.82, 2.24) is 0 Å². The van der Waals surface area contributed by atoms with E-state index in [4.69, 9.17) is 11.5 Å². The van der Waals surface area contributed by atoms with Gasteiger partial charge in [-0.3, -0.25) is 9.59 Å². The Balaban J connectivity index is 1.82. The molecule has 0 bridgehead atoms. The van der Waals surface area contributed by atoms with Crippen LogP contribution in [0.4, 0.5) is 5.69 Å². The fraction of sp³-hybridized carbons (Fsp3) is 0.0625. The van der Waals surface area contributed by atoms with Crippen molar-refractivity contribution in [2.45, 2.75) is 10.9 Å². The van der Waals surface area contributed by atoms with Crippen LogP contribution in [-0.4, -0.2) is 32.0 Å². The standard InChI is InChI=1S/C16H13N5O4S/c17-16(18)21-26(24,25)10-7-5-9(6-8-10)19-20-13-14(22)11-3-1-2-4-12(11)15(13)23/h1-8,13H,(H4,17,18,21). The van der Waals surface area contributed by atoms with E-state index < -0.39 is 33.6 Å². The third kappa shape index (κ3) is 3.22. The van der Waals surface area contributed by atoms with E-state index in [1.807, 2.05) is 0 Å². The molecule has 0 aliphatic heterocycles. The summed E-state index contributed by atoms with van der Waals surface area (Å²) in [6.45, 7) is 0. The number of hydrogen-bond acceptors (Lipinski definition) is 6. The van der Waals surface area contributed by atoms with Gasteiger partial charge in [0.25, 0.3) is 10.0 Å². The van der Waals surface area contributed by atoms with Crippen LogP contribution in [0.2, 0.25) is 0 Å². The van der Waals surface area contributed by atoms with Gasteiger partial charge < -0.3 is 11.5 Å². The monoisotopic (exact) mass is 371 g/mol. The van der Waals surface area contributed by atoms with Crippen LogP contribution in [0.1, 0.15) is 20.7 Å². The molecule has 3 rings (SSSR count). The molecule has 0 unspecified atom stereocenters. The zero-order valence-corrected chi connectivity index (χ0v) is 14.1. The summed E-state index contributed by atoms with van der Waals surface area (Å²) in [6.07, 6.45) is 0. The number of benzene rings is 2. The van der Waals surface area contributed by atoms with Crippen LogP contribution in [0, 0.1) is 0 Å². The number of guanidine groups is 1. The lowest BCUT2D eigenvalue weighted by Crippen LogP contribution is -2.24. The molecule has 9 nitrogen and oxygen atoms in total. The molecule has 0 amide bonds. The SMILES string of the molecule is NC(N)=NS(=O)(=O)c1ccc(N=NC2C(=O)c3ccccc3C2=O)cc1. The molecule has 0 saturated heterocycles. The highest BCUT2D eigenvalue weighted by molar-refractivity contribution is 7.90. The molecule has 1 aliphatic carbocycles. The molecule has 0 saturated carbocycles. The predicted octanol–water partition coefficient (Wildman–Crippen LogP) is 1.18. The predicted molar refractivity (Wildman–Crippen MR) is 92.8 cm³/mol. The first kappa shape index (κ1) is 17.4. The van der Waals surface area contributed by atoms with Crippen molar-refractivity contribution in [3.8, 4) is 0 Å². The van der Waals surface area contributed by atoms with Gasteiger partial charge in [-0.25, -0.2) is 0 Å². The van der Waals surface area contributed by atoms with Gasteiger partial charge in [-0.15, -0.1) is 4.40 Å². The highest BCUT2D eigenvalue weighted by atomic mass is 32.2. The van der Waals surface area contributed by atoms with Gasteiger partial charge in [-0.2, -0.15) is 18.6 Å². The Labute approximate surface area is 148 Å². The Bertz CT molecular complexity index is 1020. The lowest BCUT2D eigenvalue weighted by Gasteiger charge is -2.01. The molecule has 0 spiro atoms. The fourth-order valence-corrected chi connectivity index (χ4v) is 3.29. The van der Waals surface area contributed by atoms with Crippen LogP contribution in [0.3, 0.4) is 0 Å². The number of Topliss-reactive ketones (excluding diaryl/α,β-unsaturated/α-hetero) is 2. The first-order valence-corrected chi connectivity index (χ1v) is 8.78. The minimum atomic E-state index is -4.00. The van der Waals surface area contributed by atoms with E-state index in [2.05, 4.69) is 14.6 Å². The van der Waals surface area contributed by atoms with Gasteiger partial charge in [0.1, 0.15) is 0 Å². The van der Waals surface area contributed by atoms with E-state index in [0.717, 1.165) is 0 Å². The number of carbonyl (C=O) groups excluding carboxylic acids is 2. The quantitative estimate of drug-likeness (QED) is 0.355. The van der Waals surface area contributed by atoms with Crippen molar-refractivity contribution in [1.29, 1.82) is 0 Å². The van der Waals surface area contributed by atoms with E-state index in [-0.39, 0.29) is 10.6 Å². The highest BCUT2D eigenvalue weighted by Gasteiger charge is 2.38. The summed E-state index contributed by atoms with van der Waals surface area (Å²) in [5, 5.41) is 7.68. The molecular weight excluding hydrogens is 358 g/mol. The van der Waals surface area contributed by atoms with Gasteiger partial charge >= 0.3 is 0 Å². The van der Waals surface area contributed by atoms with Crippen LogP contribution in [0.5, 0.6) is 0 Å². The van der Waals surface area contributed by atoms with Crippen LogP contribution in [0.25, 0.3) is 0 Å². The average Bonchev–Trinajstić information content (AvgIpc) is 2.84. The Morgan fingerprint density at radius 2 is 1.42 bits per heavy atom. The molecule has 2 aromatic carbocycles. The molecule has 1 aliphatic rings. The van der Waals surface area contributed by atoms with Gasteiger partial charge in [-0.05, 0) is 24.3 Å². The minimum absolute atomic E-state index is 0.134. The number of fused-ring (bicyclic) bond motifs is 1. The van der Waals surface area contributed by atoms with E-state index in [9.17, 15) is 18.0 Å². The summed E-state index contributed by atoms with van der Waals surface area (Å²) in [6, 6.07) is 10.4. The number of sulfonamides is 1. The molecule has 2 aromatic rings. The average molecular weight is 371 g/mol. The van der Waals surface area contributed by atoms with Gasteiger partial charge in [0.15, 0.2) is 17.6 Å². The smallest absolute Gasteiger partial charge is 0.285 e. The number of azo groups is 1. The number of nitrogens with two attached hydrogens (primary N) is 2. The maximum Gasteiger partial charge on any atom is 0.285 e. The van der Waals surface area contributed by atoms with E-state index in [1.165, 1.54) is 24.3 Å². The largest absolute Gasteiger partial charge is 0.369 e. The van der Waals surface area contributed by atoms with Crippen LogP contribution in [-0.2, 0) is 10.0 Å². The normalized spacial score (nSPS) is 14.6. The number of rotatable bonds is 4. The third-order valence-electron chi connectivity index (χ3n) is 3.60. The minimum Gasteiger partial charge on any atom is -0.369 e. The molecular formula is C16H13N5O4S. The number of nitrogens with zero attached hydrogens (tertiary/aromatic N) is 3. The summed E-state index contributed by atoms with van der Waals surface area (Å²) in [4.78, 5) is 24.3. The van der Waals surface area contributed by atoms with E-state index in [0.29, 0.717) is 11.1 Å². The summed E-state index contributed by atoms with van der Waals surface area (Å²) in [5.74, 6) is -1.41. The second-order valence-electron chi connectivity index (χ2n) is 5.38. The third-order valence-corrected chi connectivity index (χ3v) is 4.92. The molecule has 26 heavy (non-hydrogen) atoms. The second kappa shape index (κ2) is 6.48. The van der Waals surface area contributed by atoms with Crippen molar-refractivity contribution in [2.24, 2.45) is 26.1 Å². The van der Waals surface area contributed by atoms with Gasteiger partial charge in [-0.1, -0.05) is 24.3 Å². The molecule has 132 valence electrons. The van der Waals surface area contributed by atoms with Gasteiger partial charge in [0, 0.05) is 11.1 Å². The molecule has 0 aromatic heterocycles.